The van der Waals surface area contributed by atoms with Crippen molar-refractivity contribution in [1.29, 1.82) is 0 Å². The Labute approximate surface area is 133 Å². The molecule has 3 aromatic rings. The van der Waals surface area contributed by atoms with E-state index < -0.39 is 0 Å². The molecular formula is C17H14ClN3O. The van der Waals surface area contributed by atoms with E-state index in [9.17, 15) is 4.79 Å². The molecule has 0 spiro atoms. The predicted molar refractivity (Wildman–Crippen MR) is 87.2 cm³/mol. The molecule has 110 valence electrons. The van der Waals surface area contributed by atoms with Gasteiger partial charge in [-0.05, 0) is 42.0 Å². The van der Waals surface area contributed by atoms with Gasteiger partial charge in [0.1, 0.15) is 0 Å². The summed E-state index contributed by atoms with van der Waals surface area (Å²) in [6.07, 6.45) is 5.41. The molecule has 1 aromatic heterocycles. The van der Waals surface area contributed by atoms with Gasteiger partial charge < -0.3 is 9.88 Å². The van der Waals surface area contributed by atoms with Crippen LogP contribution in [0.1, 0.15) is 15.9 Å². The third kappa shape index (κ3) is 3.54. The van der Waals surface area contributed by atoms with E-state index in [0.717, 1.165) is 17.8 Å². The monoisotopic (exact) mass is 311 g/mol. The van der Waals surface area contributed by atoms with Crippen LogP contribution in [0.15, 0.2) is 67.3 Å². The van der Waals surface area contributed by atoms with Crippen LogP contribution in [0.5, 0.6) is 0 Å². The number of nitrogens with one attached hydrogen (secondary N) is 1. The van der Waals surface area contributed by atoms with Gasteiger partial charge >= 0.3 is 0 Å². The molecule has 3 rings (SSSR count). The van der Waals surface area contributed by atoms with Crippen LogP contribution in [0, 0.1) is 0 Å². The van der Waals surface area contributed by atoms with Crippen LogP contribution in [0.3, 0.4) is 0 Å². The lowest BCUT2D eigenvalue weighted by Gasteiger charge is -2.07. The summed E-state index contributed by atoms with van der Waals surface area (Å²) in [7, 11) is 0. The number of anilines is 1. The molecule has 0 unspecified atom stereocenters. The highest BCUT2D eigenvalue weighted by Gasteiger charge is 2.06. The number of hydrogen-bond donors (Lipinski definition) is 1. The van der Waals surface area contributed by atoms with Gasteiger partial charge in [-0.15, -0.1) is 0 Å². The maximum absolute atomic E-state index is 12.2. The molecule has 0 aliphatic carbocycles. The van der Waals surface area contributed by atoms with E-state index in [1.807, 2.05) is 35.0 Å². The van der Waals surface area contributed by atoms with E-state index in [-0.39, 0.29) is 5.91 Å². The summed E-state index contributed by atoms with van der Waals surface area (Å²) in [4.78, 5) is 16.2. The van der Waals surface area contributed by atoms with Crippen LogP contribution < -0.4 is 5.32 Å². The lowest BCUT2D eigenvalue weighted by atomic mass is 10.1. The minimum absolute atomic E-state index is 0.142. The molecule has 5 heteroatoms. The van der Waals surface area contributed by atoms with Crippen molar-refractivity contribution in [1.82, 2.24) is 9.55 Å². The van der Waals surface area contributed by atoms with Gasteiger partial charge in [0, 0.05) is 35.2 Å². The maximum Gasteiger partial charge on any atom is 0.255 e. The van der Waals surface area contributed by atoms with Crippen LogP contribution in [-0.4, -0.2) is 15.5 Å². The fraction of sp³-hybridized carbons (Fsp3) is 0.0588. The molecule has 0 saturated carbocycles. The normalized spacial score (nSPS) is 10.4. The van der Waals surface area contributed by atoms with Crippen LogP contribution in [0.4, 0.5) is 5.69 Å². The Morgan fingerprint density at radius 2 is 1.82 bits per heavy atom. The van der Waals surface area contributed by atoms with Crippen molar-refractivity contribution >= 4 is 23.2 Å². The van der Waals surface area contributed by atoms with Crippen molar-refractivity contribution in [2.24, 2.45) is 0 Å². The molecule has 0 bridgehead atoms. The number of hydrogen-bond acceptors (Lipinski definition) is 2. The Bertz CT molecular complexity index is 750. The Hall–Kier alpha value is -2.59. The van der Waals surface area contributed by atoms with E-state index in [1.165, 1.54) is 0 Å². The van der Waals surface area contributed by atoms with Crippen LogP contribution >= 0.6 is 11.6 Å². The average molecular weight is 312 g/mol. The number of halogens is 1. The highest BCUT2D eigenvalue weighted by molar-refractivity contribution is 6.30. The second-order valence-electron chi connectivity index (χ2n) is 4.89. The molecule has 1 N–H and O–H groups in total. The van der Waals surface area contributed by atoms with E-state index >= 15 is 0 Å². The quantitative estimate of drug-likeness (QED) is 0.796. The first-order valence-corrected chi connectivity index (χ1v) is 7.20. The largest absolute Gasteiger partial charge is 0.333 e. The van der Waals surface area contributed by atoms with Gasteiger partial charge in [-0.3, -0.25) is 4.79 Å². The minimum atomic E-state index is -0.142. The van der Waals surface area contributed by atoms with Gasteiger partial charge in [0.2, 0.25) is 0 Å². The number of carbonyl (C=O) groups excluding carboxylic acids is 1. The maximum atomic E-state index is 12.2. The Kier molecular flexibility index (Phi) is 4.21. The minimum Gasteiger partial charge on any atom is -0.333 e. The molecule has 0 aliphatic heterocycles. The Morgan fingerprint density at radius 3 is 2.45 bits per heavy atom. The third-order valence-corrected chi connectivity index (χ3v) is 3.49. The predicted octanol–water partition coefficient (Wildman–Crippen LogP) is 3.84. The zero-order chi connectivity index (χ0) is 15.4. The van der Waals surface area contributed by atoms with Crippen LogP contribution in [0.25, 0.3) is 0 Å². The first kappa shape index (κ1) is 14.4. The van der Waals surface area contributed by atoms with Gasteiger partial charge in [0.15, 0.2) is 0 Å². The second kappa shape index (κ2) is 6.45. The lowest BCUT2D eigenvalue weighted by molar-refractivity contribution is 0.102. The molecule has 0 atom stereocenters. The topological polar surface area (TPSA) is 46.9 Å². The Morgan fingerprint density at radius 1 is 1.09 bits per heavy atom. The van der Waals surface area contributed by atoms with Crippen molar-refractivity contribution < 1.29 is 4.79 Å². The van der Waals surface area contributed by atoms with E-state index in [4.69, 9.17) is 11.6 Å². The fourth-order valence-electron chi connectivity index (χ4n) is 2.09. The number of aromatic nitrogens is 2. The Balaban J connectivity index is 1.66. The molecule has 2 aromatic carbocycles. The summed E-state index contributed by atoms with van der Waals surface area (Å²) in [6, 6.07) is 14.5. The van der Waals surface area contributed by atoms with Gasteiger partial charge in [0.25, 0.3) is 5.91 Å². The van der Waals surface area contributed by atoms with Crippen molar-refractivity contribution in [3.63, 3.8) is 0 Å². The van der Waals surface area contributed by atoms with E-state index in [0.29, 0.717) is 10.6 Å². The van der Waals surface area contributed by atoms with Crippen molar-refractivity contribution in [3.8, 4) is 0 Å². The van der Waals surface area contributed by atoms with Gasteiger partial charge in [-0.2, -0.15) is 0 Å². The van der Waals surface area contributed by atoms with Gasteiger partial charge in [0.05, 0.1) is 6.33 Å². The summed E-state index contributed by atoms with van der Waals surface area (Å²) in [5, 5.41) is 3.48. The highest BCUT2D eigenvalue weighted by atomic mass is 35.5. The van der Waals surface area contributed by atoms with Crippen molar-refractivity contribution in [2.45, 2.75) is 6.54 Å². The summed E-state index contributed by atoms with van der Waals surface area (Å²) < 4.78 is 1.97. The summed E-state index contributed by atoms with van der Waals surface area (Å²) in [6.45, 7) is 0.735. The molecule has 1 amide bonds. The van der Waals surface area contributed by atoms with Crippen molar-refractivity contribution in [2.75, 3.05) is 5.32 Å². The molecule has 0 fully saturated rings. The van der Waals surface area contributed by atoms with Crippen molar-refractivity contribution in [3.05, 3.63) is 83.4 Å². The number of amides is 1. The van der Waals surface area contributed by atoms with Gasteiger partial charge in [-0.1, -0.05) is 23.7 Å². The standard InChI is InChI=1S/C17H14ClN3O/c18-15-5-7-16(8-6-15)20-17(22)14-3-1-13(2-4-14)11-21-10-9-19-12-21/h1-10,12H,11H2,(H,20,22). The number of rotatable bonds is 4. The highest BCUT2D eigenvalue weighted by Crippen LogP contribution is 2.15. The number of carbonyl (C=O) groups is 1. The first-order valence-electron chi connectivity index (χ1n) is 6.82. The smallest absolute Gasteiger partial charge is 0.255 e. The van der Waals surface area contributed by atoms with E-state index in [2.05, 4.69) is 10.3 Å². The zero-order valence-corrected chi connectivity index (χ0v) is 12.5. The second-order valence-corrected chi connectivity index (χ2v) is 5.33. The van der Waals surface area contributed by atoms with E-state index in [1.54, 1.807) is 36.8 Å². The summed E-state index contributed by atoms with van der Waals surface area (Å²) in [5.74, 6) is -0.142. The van der Waals surface area contributed by atoms with Gasteiger partial charge in [-0.25, -0.2) is 4.98 Å². The SMILES string of the molecule is O=C(Nc1ccc(Cl)cc1)c1ccc(Cn2ccnc2)cc1. The first-order chi connectivity index (χ1) is 10.7. The zero-order valence-electron chi connectivity index (χ0n) is 11.7. The summed E-state index contributed by atoms with van der Waals surface area (Å²) in [5.41, 5.74) is 2.45. The fourth-order valence-corrected chi connectivity index (χ4v) is 2.22. The molecular weight excluding hydrogens is 298 g/mol. The van der Waals surface area contributed by atoms with Crippen LogP contribution in [0.2, 0.25) is 5.02 Å². The number of nitrogens with zero attached hydrogens (tertiary/aromatic N) is 2. The molecule has 0 aliphatic rings. The molecule has 0 saturated heterocycles. The summed E-state index contributed by atoms with van der Waals surface area (Å²) >= 11 is 5.82. The third-order valence-electron chi connectivity index (χ3n) is 3.24. The molecule has 4 nitrogen and oxygen atoms in total. The van der Waals surface area contributed by atoms with Crippen LogP contribution in [-0.2, 0) is 6.54 Å². The number of imidazole rings is 1. The number of benzene rings is 2. The lowest BCUT2D eigenvalue weighted by Crippen LogP contribution is -2.11. The molecule has 22 heavy (non-hydrogen) atoms. The average Bonchev–Trinajstić information content (AvgIpc) is 3.03. The molecule has 1 heterocycles. The molecule has 0 radical (unpaired) electrons.